The van der Waals surface area contributed by atoms with Crippen LogP contribution in [0.15, 0.2) is 23.3 Å². The van der Waals surface area contributed by atoms with Gasteiger partial charge in [0.1, 0.15) is 0 Å². The second-order valence-electron chi connectivity index (χ2n) is 3.90. The van der Waals surface area contributed by atoms with Gasteiger partial charge in [0.05, 0.1) is 18.1 Å². The summed E-state index contributed by atoms with van der Waals surface area (Å²) in [6.45, 7) is 4.13. The van der Waals surface area contributed by atoms with E-state index in [9.17, 15) is 0 Å². The van der Waals surface area contributed by atoms with Gasteiger partial charge in [-0.1, -0.05) is 6.58 Å². The third-order valence-corrected chi connectivity index (χ3v) is 5.74. The highest BCUT2D eigenvalue weighted by Gasteiger charge is 2.21. The van der Waals surface area contributed by atoms with Crippen LogP contribution in [0.25, 0.3) is 16.5 Å². The van der Waals surface area contributed by atoms with Crippen molar-refractivity contribution in [3.63, 3.8) is 0 Å². The number of halogens is 2. The zero-order valence-electron chi connectivity index (χ0n) is 8.43. The molecule has 0 fully saturated rings. The van der Waals surface area contributed by atoms with Crippen LogP contribution in [-0.4, -0.2) is 9.55 Å². The van der Waals surface area contributed by atoms with Gasteiger partial charge in [0.2, 0.25) is 0 Å². The fraction of sp³-hybridized carbons (Fsp3) is 0.182. The molecule has 1 aliphatic rings. The number of allylic oxidation sites excluding steroid dienone is 1. The Labute approximate surface area is 117 Å². The fourth-order valence-electron chi connectivity index (χ4n) is 2.24. The summed E-state index contributed by atoms with van der Waals surface area (Å²) >= 11 is 6.06. The molecule has 82 valence electrons. The van der Waals surface area contributed by atoms with Crippen molar-refractivity contribution in [3.05, 3.63) is 34.4 Å². The Morgan fingerprint density at radius 1 is 1.50 bits per heavy atom. The molecule has 0 N–H and O–H groups in total. The van der Waals surface area contributed by atoms with E-state index in [4.69, 9.17) is 0 Å². The van der Waals surface area contributed by atoms with E-state index in [1.165, 1.54) is 32.1 Å². The number of fused-ring (bicyclic) bond motifs is 2. The molecule has 0 saturated heterocycles. The molecule has 2 nitrogen and oxygen atoms in total. The van der Waals surface area contributed by atoms with Crippen LogP contribution >= 0.6 is 44.3 Å². The first-order valence-corrected chi connectivity index (χ1v) is 9.81. The monoisotopic (exact) mass is 406 g/mol. The van der Waals surface area contributed by atoms with Crippen molar-refractivity contribution >= 4 is 60.8 Å². The average Bonchev–Trinajstić information content (AvgIpc) is 2.83. The van der Waals surface area contributed by atoms with Crippen molar-refractivity contribution in [1.29, 1.82) is 0 Å². The highest BCUT2D eigenvalue weighted by molar-refractivity contribution is 14.2. The van der Waals surface area contributed by atoms with Crippen LogP contribution in [0.1, 0.15) is 17.5 Å². The summed E-state index contributed by atoms with van der Waals surface area (Å²) in [5.74, 6) is 0. The standard InChI is InChI=1S/C11H9BrIN2P/c1-6-2-3-7-4-9-8(11(12)10(6)7)5-14-15(9)16-13/h4-5,16H,1-3H2. The number of hydrogen-bond donors (Lipinski definition) is 0. The topological polar surface area (TPSA) is 17.8 Å². The van der Waals surface area contributed by atoms with Crippen molar-refractivity contribution in [1.82, 2.24) is 9.55 Å². The highest BCUT2D eigenvalue weighted by Crippen LogP contribution is 2.42. The lowest BCUT2D eigenvalue weighted by atomic mass is 10.1. The third kappa shape index (κ3) is 1.50. The van der Waals surface area contributed by atoms with Crippen LogP contribution < -0.4 is 0 Å². The van der Waals surface area contributed by atoms with E-state index >= 15 is 0 Å². The first kappa shape index (κ1) is 11.2. The molecule has 0 spiro atoms. The van der Waals surface area contributed by atoms with Crippen LogP contribution in [0.3, 0.4) is 0 Å². The van der Waals surface area contributed by atoms with Crippen molar-refractivity contribution < 1.29 is 0 Å². The van der Waals surface area contributed by atoms with Gasteiger partial charge in [0, 0.05) is 9.86 Å². The van der Waals surface area contributed by atoms with E-state index in [-0.39, 0.29) is 0 Å². The number of nitrogens with zero attached hydrogens (tertiary/aromatic N) is 2. The molecule has 2 aromatic rings. The largest absolute Gasteiger partial charge is 0.237 e. The molecule has 0 bridgehead atoms. The molecule has 1 unspecified atom stereocenters. The Morgan fingerprint density at radius 2 is 2.31 bits per heavy atom. The number of aryl methyl sites for hydroxylation is 1. The molecule has 0 radical (unpaired) electrons. The van der Waals surface area contributed by atoms with Gasteiger partial charge in [0.15, 0.2) is 0 Å². The van der Waals surface area contributed by atoms with Gasteiger partial charge in [-0.15, -0.1) is 0 Å². The second kappa shape index (κ2) is 4.07. The molecule has 5 heteroatoms. The minimum Gasteiger partial charge on any atom is -0.237 e. The third-order valence-electron chi connectivity index (χ3n) is 3.02. The Kier molecular flexibility index (Phi) is 2.84. The summed E-state index contributed by atoms with van der Waals surface area (Å²) < 4.78 is 3.23. The zero-order chi connectivity index (χ0) is 11.3. The number of benzene rings is 1. The van der Waals surface area contributed by atoms with Gasteiger partial charge < -0.3 is 0 Å². The second-order valence-corrected chi connectivity index (χ2v) is 6.73. The molecule has 1 atom stereocenters. The predicted octanol–water partition coefficient (Wildman–Crippen LogP) is 4.55. The van der Waals surface area contributed by atoms with Gasteiger partial charge in [-0.3, -0.25) is 0 Å². The molecule has 0 aliphatic heterocycles. The maximum absolute atomic E-state index is 4.40. The number of aromatic nitrogens is 2. The first-order chi connectivity index (χ1) is 7.72. The zero-order valence-corrected chi connectivity index (χ0v) is 13.2. The van der Waals surface area contributed by atoms with E-state index in [1.807, 2.05) is 6.20 Å². The Hall–Kier alpha value is 0.0700. The number of hydrogen-bond acceptors (Lipinski definition) is 1. The smallest absolute Gasteiger partial charge is 0.0744 e. The molecule has 0 amide bonds. The van der Waals surface area contributed by atoms with Gasteiger partial charge in [-0.05, 0) is 73.6 Å². The Morgan fingerprint density at radius 3 is 3.06 bits per heavy atom. The van der Waals surface area contributed by atoms with Gasteiger partial charge >= 0.3 is 0 Å². The maximum atomic E-state index is 4.40. The van der Waals surface area contributed by atoms with Gasteiger partial charge in [0.25, 0.3) is 0 Å². The maximum Gasteiger partial charge on any atom is 0.0744 e. The van der Waals surface area contributed by atoms with Crippen LogP contribution in [0.2, 0.25) is 0 Å². The van der Waals surface area contributed by atoms with Crippen molar-refractivity contribution in [3.8, 4) is 0 Å². The molecule has 1 aromatic heterocycles. The molecule has 3 rings (SSSR count). The van der Waals surface area contributed by atoms with Crippen LogP contribution in [0.4, 0.5) is 0 Å². The number of rotatable bonds is 1. The van der Waals surface area contributed by atoms with E-state index < -0.39 is 0 Å². The molecule has 0 saturated carbocycles. The van der Waals surface area contributed by atoms with Gasteiger partial charge in [-0.2, -0.15) is 5.10 Å². The lowest BCUT2D eigenvalue weighted by Gasteiger charge is -2.06. The quantitative estimate of drug-likeness (QED) is 0.501. The van der Waals surface area contributed by atoms with Crippen LogP contribution in [0.5, 0.6) is 0 Å². The molecular formula is C11H9BrIN2P. The molecular weight excluding hydrogens is 398 g/mol. The van der Waals surface area contributed by atoms with Gasteiger partial charge in [-0.25, -0.2) is 4.45 Å². The average molecular weight is 407 g/mol. The van der Waals surface area contributed by atoms with E-state index in [0.717, 1.165) is 12.8 Å². The minimum absolute atomic E-state index is 0.646. The van der Waals surface area contributed by atoms with E-state index in [0.29, 0.717) is 6.37 Å². The van der Waals surface area contributed by atoms with Crippen molar-refractivity contribution in [2.45, 2.75) is 12.8 Å². The molecule has 1 aromatic carbocycles. The minimum atomic E-state index is 0.646. The fourth-order valence-corrected chi connectivity index (χ4v) is 4.61. The SMILES string of the molecule is C=C1CCc2cc3c(cnn3PI)c(Br)c21. The van der Waals surface area contributed by atoms with E-state index in [2.05, 4.69) is 60.2 Å². The Balaban J connectivity index is 2.40. The summed E-state index contributed by atoms with van der Waals surface area (Å²) in [4.78, 5) is 0. The lowest BCUT2D eigenvalue weighted by molar-refractivity contribution is 1.04. The Bertz CT molecular complexity index is 606. The summed E-state index contributed by atoms with van der Waals surface area (Å²) in [5, 5.41) is 5.60. The molecule has 1 aliphatic carbocycles. The van der Waals surface area contributed by atoms with E-state index in [1.54, 1.807) is 0 Å². The van der Waals surface area contributed by atoms with Crippen LogP contribution in [-0.2, 0) is 6.42 Å². The molecule has 16 heavy (non-hydrogen) atoms. The summed E-state index contributed by atoms with van der Waals surface area (Å²) in [6, 6.07) is 2.27. The summed E-state index contributed by atoms with van der Waals surface area (Å²) in [7, 11) is 0. The highest BCUT2D eigenvalue weighted by atomic mass is 127. The normalized spacial score (nSPS) is 15.5. The lowest BCUT2D eigenvalue weighted by Crippen LogP contribution is -1.87. The summed E-state index contributed by atoms with van der Waals surface area (Å²) in [6.07, 6.45) is 4.78. The predicted molar refractivity (Wildman–Crippen MR) is 82.5 cm³/mol. The molecule has 1 heterocycles. The van der Waals surface area contributed by atoms with Crippen molar-refractivity contribution in [2.24, 2.45) is 0 Å². The van der Waals surface area contributed by atoms with Crippen molar-refractivity contribution in [2.75, 3.05) is 0 Å². The van der Waals surface area contributed by atoms with Crippen LogP contribution in [0, 0.1) is 0 Å². The first-order valence-electron chi connectivity index (χ1n) is 4.96. The summed E-state index contributed by atoms with van der Waals surface area (Å²) in [5.41, 5.74) is 5.19.